The van der Waals surface area contributed by atoms with E-state index in [1.807, 2.05) is 0 Å². The molecule has 56 valence electrons. The lowest BCUT2D eigenvalue weighted by molar-refractivity contribution is -0.136. The number of carboxylic acids is 1. The second-order valence-corrected chi connectivity index (χ2v) is 2.57. The molecule has 0 aliphatic rings. The highest BCUT2D eigenvalue weighted by atomic mass is 79.9. The van der Waals surface area contributed by atoms with Crippen molar-refractivity contribution >= 4 is 31.0 Å². The molecule has 9 heavy (non-hydrogen) atoms. The van der Waals surface area contributed by atoms with Gasteiger partial charge >= 0.3 is 5.97 Å². The Morgan fingerprint density at radius 2 is 2.00 bits per heavy atom. The molecule has 0 aromatic carbocycles. The lowest BCUT2D eigenvalue weighted by atomic mass is 10.5. The Kier molecular flexibility index (Phi) is 8.27. The maximum Gasteiger partial charge on any atom is 0.303 e. The summed E-state index contributed by atoms with van der Waals surface area (Å²) < 4.78 is 9.83. The third-order valence-corrected chi connectivity index (χ3v) is 1.23. The fourth-order valence-corrected chi connectivity index (χ4v) is 0.642. The Hall–Kier alpha value is 0.140. The molecular formula is C3H8BrO4P. The summed E-state index contributed by atoms with van der Waals surface area (Å²) in [6.45, 7) is 0. The fourth-order valence-electron chi connectivity index (χ4n) is 0.214. The van der Waals surface area contributed by atoms with Gasteiger partial charge in [0.25, 0.3) is 0 Å². The summed E-state index contributed by atoms with van der Waals surface area (Å²) >= 11 is 0. The smallest absolute Gasteiger partial charge is 0.303 e. The monoisotopic (exact) mass is 218 g/mol. The molecule has 6 heteroatoms. The number of aliphatic carboxylic acids is 1. The summed E-state index contributed by atoms with van der Waals surface area (Å²) in [5.74, 6) is -1.03. The first-order valence-electron chi connectivity index (χ1n) is 2.06. The average molecular weight is 219 g/mol. The van der Waals surface area contributed by atoms with Gasteiger partial charge in [-0.25, -0.2) is 0 Å². The number of halogens is 1. The van der Waals surface area contributed by atoms with Gasteiger partial charge in [0.05, 0.1) is 6.42 Å². The molecule has 0 bridgehead atoms. The summed E-state index contributed by atoms with van der Waals surface area (Å²) in [6.07, 6.45) is -0.325. The zero-order chi connectivity index (χ0) is 6.57. The molecule has 0 saturated carbocycles. The average Bonchev–Trinajstić information content (AvgIpc) is 1.61. The minimum atomic E-state index is -2.56. The first kappa shape index (κ1) is 11.9. The van der Waals surface area contributed by atoms with Crippen LogP contribution >= 0.6 is 25.0 Å². The van der Waals surface area contributed by atoms with Crippen molar-refractivity contribution < 1.29 is 19.4 Å². The van der Waals surface area contributed by atoms with Crippen LogP contribution in [0.15, 0.2) is 0 Å². The van der Waals surface area contributed by atoms with Crippen LogP contribution in [0.2, 0.25) is 0 Å². The van der Waals surface area contributed by atoms with E-state index in [4.69, 9.17) is 10.00 Å². The van der Waals surface area contributed by atoms with Gasteiger partial charge in [0.15, 0.2) is 8.03 Å². The number of carbonyl (C=O) groups is 1. The van der Waals surface area contributed by atoms with Crippen molar-refractivity contribution in [2.45, 2.75) is 6.42 Å². The van der Waals surface area contributed by atoms with Crippen LogP contribution < -0.4 is 0 Å². The summed E-state index contributed by atoms with van der Waals surface area (Å²) in [4.78, 5) is 17.8. The maximum atomic E-state index is 9.83. The fraction of sp³-hybridized carbons (Fsp3) is 0.667. The van der Waals surface area contributed by atoms with Crippen LogP contribution in [0.4, 0.5) is 0 Å². The summed E-state index contributed by atoms with van der Waals surface area (Å²) in [7, 11) is -2.56. The minimum absolute atomic E-state index is 0. The zero-order valence-electron chi connectivity index (χ0n) is 4.53. The Morgan fingerprint density at radius 1 is 1.56 bits per heavy atom. The largest absolute Gasteiger partial charge is 0.481 e. The Morgan fingerprint density at radius 3 is 2.11 bits per heavy atom. The molecular weight excluding hydrogens is 211 g/mol. The van der Waals surface area contributed by atoms with Crippen molar-refractivity contribution in [2.24, 2.45) is 0 Å². The van der Waals surface area contributed by atoms with Gasteiger partial charge in [-0.2, -0.15) is 0 Å². The van der Waals surface area contributed by atoms with Crippen molar-refractivity contribution in [1.82, 2.24) is 0 Å². The van der Waals surface area contributed by atoms with Crippen molar-refractivity contribution in [3.8, 4) is 0 Å². The molecule has 4 nitrogen and oxygen atoms in total. The topological polar surface area (TPSA) is 74.6 Å². The normalized spacial score (nSPS) is 11.7. The molecule has 0 heterocycles. The van der Waals surface area contributed by atoms with E-state index >= 15 is 0 Å². The van der Waals surface area contributed by atoms with Gasteiger partial charge in [-0.3, -0.25) is 9.36 Å². The van der Waals surface area contributed by atoms with E-state index in [1.165, 1.54) is 0 Å². The molecule has 1 atom stereocenters. The molecule has 0 aliphatic carbocycles. The van der Waals surface area contributed by atoms with Crippen molar-refractivity contribution in [3.63, 3.8) is 0 Å². The molecule has 0 aliphatic heterocycles. The highest BCUT2D eigenvalue weighted by Crippen LogP contribution is 2.12. The van der Waals surface area contributed by atoms with Gasteiger partial charge in [-0.1, -0.05) is 0 Å². The van der Waals surface area contributed by atoms with Crippen LogP contribution in [0.25, 0.3) is 0 Å². The molecule has 2 N–H and O–H groups in total. The second-order valence-electron chi connectivity index (χ2n) is 1.29. The minimum Gasteiger partial charge on any atom is -0.481 e. The quantitative estimate of drug-likeness (QED) is 0.678. The van der Waals surface area contributed by atoms with Crippen molar-refractivity contribution in [1.29, 1.82) is 0 Å². The predicted octanol–water partition coefficient (Wildman–Crippen LogP) is 0.506. The van der Waals surface area contributed by atoms with Crippen LogP contribution in [0.5, 0.6) is 0 Å². The summed E-state index contributed by atoms with van der Waals surface area (Å²) in [5.41, 5.74) is 0. The SMILES string of the molecule is Br.O=C(O)CC[PH](=O)O. The zero-order valence-corrected chi connectivity index (χ0v) is 7.25. The van der Waals surface area contributed by atoms with Gasteiger partial charge in [0.1, 0.15) is 0 Å². The van der Waals surface area contributed by atoms with Crippen LogP contribution in [0.1, 0.15) is 6.42 Å². The van der Waals surface area contributed by atoms with Crippen LogP contribution in [0.3, 0.4) is 0 Å². The van der Waals surface area contributed by atoms with Gasteiger partial charge in [-0.15, -0.1) is 17.0 Å². The number of carboxylic acid groups (broad SMARTS) is 1. The van der Waals surface area contributed by atoms with Gasteiger partial charge in [-0.05, 0) is 0 Å². The number of hydrogen-bond donors (Lipinski definition) is 2. The van der Waals surface area contributed by atoms with Crippen LogP contribution in [-0.2, 0) is 9.36 Å². The predicted molar refractivity (Wildman–Crippen MR) is 38.7 cm³/mol. The Balaban J connectivity index is 0. The van der Waals surface area contributed by atoms with Gasteiger partial charge in [0.2, 0.25) is 0 Å². The molecule has 1 unspecified atom stereocenters. The van der Waals surface area contributed by atoms with Crippen LogP contribution in [-0.4, -0.2) is 22.1 Å². The number of rotatable bonds is 3. The van der Waals surface area contributed by atoms with E-state index in [0.29, 0.717) is 0 Å². The van der Waals surface area contributed by atoms with E-state index in [2.05, 4.69) is 0 Å². The first-order chi connectivity index (χ1) is 3.63. The molecule has 0 spiro atoms. The Labute approximate surface area is 63.5 Å². The Bertz CT molecular complexity index is 100. The molecule has 0 aromatic heterocycles. The molecule has 0 saturated heterocycles. The summed E-state index contributed by atoms with van der Waals surface area (Å²) in [6, 6.07) is 0. The second kappa shape index (κ2) is 6.26. The highest BCUT2D eigenvalue weighted by molar-refractivity contribution is 8.93. The highest BCUT2D eigenvalue weighted by Gasteiger charge is 1.97. The lowest BCUT2D eigenvalue weighted by Gasteiger charge is -1.86. The van der Waals surface area contributed by atoms with E-state index in [0.717, 1.165) is 0 Å². The lowest BCUT2D eigenvalue weighted by Crippen LogP contribution is -1.95. The third-order valence-electron chi connectivity index (χ3n) is 0.553. The molecule has 0 radical (unpaired) electrons. The van der Waals surface area contributed by atoms with E-state index < -0.39 is 14.0 Å². The van der Waals surface area contributed by atoms with Crippen molar-refractivity contribution in [2.75, 3.05) is 6.16 Å². The van der Waals surface area contributed by atoms with Crippen molar-refractivity contribution in [3.05, 3.63) is 0 Å². The van der Waals surface area contributed by atoms with Crippen LogP contribution in [0, 0.1) is 0 Å². The molecule has 0 rings (SSSR count). The van der Waals surface area contributed by atoms with Gasteiger partial charge in [0, 0.05) is 6.16 Å². The van der Waals surface area contributed by atoms with Gasteiger partial charge < -0.3 is 10.00 Å². The molecule has 0 amide bonds. The van der Waals surface area contributed by atoms with E-state index in [9.17, 15) is 9.36 Å². The molecule has 0 aromatic rings. The van der Waals surface area contributed by atoms with E-state index in [1.54, 1.807) is 0 Å². The maximum absolute atomic E-state index is 9.83. The summed E-state index contributed by atoms with van der Waals surface area (Å²) in [5, 5.41) is 7.93. The number of hydrogen-bond acceptors (Lipinski definition) is 2. The third kappa shape index (κ3) is 11.6. The first-order valence-corrected chi connectivity index (χ1v) is 3.63. The standard InChI is InChI=1S/C3H7O4P.BrH/c4-3(5)1-2-8(6)7;/h8H,1-2H2,(H,4,5)(H,6,7);1H. The van der Waals surface area contributed by atoms with E-state index in [-0.39, 0.29) is 29.6 Å². The molecule has 0 fully saturated rings.